The highest BCUT2D eigenvalue weighted by Crippen LogP contribution is 2.17. The van der Waals surface area contributed by atoms with Gasteiger partial charge in [-0.05, 0) is 17.7 Å². The van der Waals surface area contributed by atoms with E-state index >= 15 is 0 Å². The highest BCUT2D eigenvalue weighted by atomic mass is 16.3. The van der Waals surface area contributed by atoms with Crippen LogP contribution >= 0.6 is 0 Å². The van der Waals surface area contributed by atoms with Crippen molar-refractivity contribution in [2.45, 2.75) is 0 Å². The van der Waals surface area contributed by atoms with Crippen molar-refractivity contribution in [2.75, 3.05) is 19.7 Å². The molecule has 0 aliphatic rings. The summed E-state index contributed by atoms with van der Waals surface area (Å²) in [7, 11) is 0. The molecule has 4 N–H and O–H groups in total. The summed E-state index contributed by atoms with van der Waals surface area (Å²) >= 11 is 0. The summed E-state index contributed by atoms with van der Waals surface area (Å²) in [5, 5.41) is 13.5. The van der Waals surface area contributed by atoms with Crippen LogP contribution in [0.1, 0.15) is 10.5 Å². The predicted molar refractivity (Wildman–Crippen MR) is 78.7 cm³/mol. The molecule has 2 rings (SSSR count). The second kappa shape index (κ2) is 7.25. The topological polar surface area (TPSA) is 94.2 Å². The summed E-state index contributed by atoms with van der Waals surface area (Å²) in [5.74, 6) is -0.691. The number of hydrogen-bond donors (Lipinski definition) is 4. The number of aromatic nitrogens is 1. The van der Waals surface area contributed by atoms with Crippen LogP contribution in [-0.2, 0) is 4.79 Å². The molecule has 21 heavy (non-hydrogen) atoms. The lowest BCUT2D eigenvalue weighted by Crippen LogP contribution is -2.38. The van der Waals surface area contributed by atoms with Crippen LogP contribution < -0.4 is 10.6 Å². The Morgan fingerprint density at radius 1 is 1.05 bits per heavy atom. The number of benzene rings is 1. The summed E-state index contributed by atoms with van der Waals surface area (Å²) in [4.78, 5) is 26.2. The first-order valence-electron chi connectivity index (χ1n) is 6.61. The molecule has 1 aromatic carbocycles. The molecule has 110 valence electrons. The van der Waals surface area contributed by atoms with Crippen molar-refractivity contribution < 1.29 is 14.7 Å². The average molecular weight is 287 g/mol. The number of aliphatic hydroxyl groups is 1. The lowest BCUT2D eigenvalue weighted by molar-refractivity contribution is -0.120. The average Bonchev–Trinajstić information content (AvgIpc) is 3.01. The lowest BCUT2D eigenvalue weighted by atomic mass is 10.2. The first-order valence-corrected chi connectivity index (χ1v) is 6.61. The molecule has 0 saturated heterocycles. The molecule has 1 heterocycles. The Hall–Kier alpha value is -2.60. The summed E-state index contributed by atoms with van der Waals surface area (Å²) < 4.78 is 0. The number of hydrogen-bond acceptors (Lipinski definition) is 3. The van der Waals surface area contributed by atoms with E-state index in [9.17, 15) is 9.59 Å². The largest absolute Gasteiger partial charge is 0.395 e. The molecule has 0 unspecified atom stereocenters. The van der Waals surface area contributed by atoms with Crippen LogP contribution in [0.4, 0.5) is 0 Å². The molecule has 0 radical (unpaired) electrons. The number of H-pyrrole nitrogens is 1. The van der Waals surface area contributed by atoms with E-state index in [-0.39, 0.29) is 31.5 Å². The fraction of sp³-hybridized carbons (Fsp3) is 0.200. The van der Waals surface area contributed by atoms with Crippen LogP contribution in [0.3, 0.4) is 0 Å². The smallest absolute Gasteiger partial charge is 0.268 e. The van der Waals surface area contributed by atoms with Crippen molar-refractivity contribution in [3.8, 4) is 11.3 Å². The van der Waals surface area contributed by atoms with Crippen molar-refractivity contribution >= 4 is 11.8 Å². The lowest BCUT2D eigenvalue weighted by Gasteiger charge is -2.04. The molecule has 0 bridgehead atoms. The van der Waals surface area contributed by atoms with Gasteiger partial charge in [0.25, 0.3) is 5.91 Å². The molecule has 2 amide bonds. The van der Waals surface area contributed by atoms with Crippen LogP contribution in [0.5, 0.6) is 0 Å². The molecule has 0 atom stereocenters. The maximum absolute atomic E-state index is 11.9. The first kappa shape index (κ1) is 14.8. The van der Waals surface area contributed by atoms with E-state index in [0.29, 0.717) is 5.69 Å². The monoisotopic (exact) mass is 287 g/mol. The van der Waals surface area contributed by atoms with Gasteiger partial charge >= 0.3 is 0 Å². The van der Waals surface area contributed by atoms with Gasteiger partial charge in [-0.25, -0.2) is 0 Å². The highest BCUT2D eigenvalue weighted by molar-refractivity contribution is 5.95. The number of rotatable bonds is 6. The van der Waals surface area contributed by atoms with Gasteiger partial charge in [-0.15, -0.1) is 0 Å². The van der Waals surface area contributed by atoms with Crippen LogP contribution in [0.25, 0.3) is 11.3 Å². The van der Waals surface area contributed by atoms with E-state index in [1.54, 1.807) is 6.07 Å². The van der Waals surface area contributed by atoms with Crippen LogP contribution in [0.15, 0.2) is 42.5 Å². The second-order valence-electron chi connectivity index (χ2n) is 4.41. The molecular formula is C15H17N3O3. The third-order valence-corrected chi connectivity index (χ3v) is 2.86. The zero-order chi connectivity index (χ0) is 15.1. The number of aliphatic hydroxyl groups excluding tert-OH is 1. The van der Waals surface area contributed by atoms with Crippen molar-refractivity contribution in [3.05, 3.63) is 48.2 Å². The van der Waals surface area contributed by atoms with Crippen molar-refractivity contribution in [3.63, 3.8) is 0 Å². The molecule has 0 saturated carbocycles. The van der Waals surface area contributed by atoms with E-state index in [4.69, 9.17) is 5.11 Å². The van der Waals surface area contributed by atoms with Gasteiger partial charge in [-0.3, -0.25) is 9.59 Å². The first-order chi connectivity index (χ1) is 10.2. The van der Waals surface area contributed by atoms with Gasteiger partial charge in [-0.1, -0.05) is 30.3 Å². The molecule has 6 nitrogen and oxygen atoms in total. The van der Waals surface area contributed by atoms with Crippen LogP contribution in [-0.4, -0.2) is 41.6 Å². The Bertz CT molecular complexity index is 608. The Morgan fingerprint density at radius 2 is 1.81 bits per heavy atom. The Labute approximate surface area is 122 Å². The van der Waals surface area contributed by atoms with E-state index in [0.717, 1.165) is 11.3 Å². The summed E-state index contributed by atoms with van der Waals surface area (Å²) in [5.41, 5.74) is 2.21. The number of nitrogens with one attached hydrogen (secondary N) is 3. The maximum atomic E-state index is 11.9. The summed E-state index contributed by atoms with van der Waals surface area (Å²) in [6.45, 7) is -0.0787. The molecule has 2 aromatic rings. The van der Waals surface area contributed by atoms with Crippen LogP contribution in [0.2, 0.25) is 0 Å². The highest BCUT2D eigenvalue weighted by Gasteiger charge is 2.10. The van der Waals surface area contributed by atoms with E-state index < -0.39 is 0 Å². The summed E-state index contributed by atoms with van der Waals surface area (Å²) in [6.07, 6.45) is 0. The van der Waals surface area contributed by atoms with Crippen LogP contribution in [0, 0.1) is 0 Å². The molecule has 1 aromatic heterocycles. The zero-order valence-electron chi connectivity index (χ0n) is 11.4. The van der Waals surface area contributed by atoms with Crippen molar-refractivity contribution in [1.29, 1.82) is 0 Å². The van der Waals surface area contributed by atoms with Gasteiger partial charge in [0.05, 0.1) is 13.2 Å². The Balaban J connectivity index is 1.92. The number of amides is 2. The molecule has 6 heteroatoms. The predicted octanol–water partition coefficient (Wildman–Crippen LogP) is 0.520. The van der Waals surface area contributed by atoms with Gasteiger partial charge in [0, 0.05) is 12.2 Å². The van der Waals surface area contributed by atoms with E-state index in [1.165, 1.54) is 0 Å². The fourth-order valence-corrected chi connectivity index (χ4v) is 1.83. The second-order valence-corrected chi connectivity index (χ2v) is 4.41. The molecule has 0 aliphatic carbocycles. The quantitative estimate of drug-likeness (QED) is 0.624. The van der Waals surface area contributed by atoms with Gasteiger partial charge in [0.2, 0.25) is 5.91 Å². The van der Waals surface area contributed by atoms with E-state index in [1.807, 2.05) is 36.4 Å². The number of carbonyl (C=O) groups excluding carboxylic acids is 2. The minimum Gasteiger partial charge on any atom is -0.395 e. The minimum atomic E-state index is -0.351. The number of aromatic amines is 1. The maximum Gasteiger partial charge on any atom is 0.268 e. The van der Waals surface area contributed by atoms with Crippen molar-refractivity contribution in [1.82, 2.24) is 15.6 Å². The van der Waals surface area contributed by atoms with Crippen molar-refractivity contribution in [2.24, 2.45) is 0 Å². The molecular weight excluding hydrogens is 270 g/mol. The summed E-state index contributed by atoms with van der Waals surface area (Å²) in [6, 6.07) is 13.1. The SMILES string of the molecule is O=C(CNC(=O)c1ccc(-c2ccccc2)[nH]1)NCCO. The third-order valence-electron chi connectivity index (χ3n) is 2.86. The van der Waals surface area contributed by atoms with Gasteiger partial charge in [-0.2, -0.15) is 0 Å². The third kappa shape index (κ3) is 4.19. The standard InChI is InChI=1S/C15H17N3O3/c19-9-8-16-14(20)10-17-15(21)13-7-6-12(18-13)11-4-2-1-3-5-11/h1-7,18-19H,8-10H2,(H,16,20)(H,17,21). The molecule has 0 fully saturated rings. The zero-order valence-corrected chi connectivity index (χ0v) is 11.4. The van der Waals surface area contributed by atoms with E-state index in [2.05, 4.69) is 15.6 Å². The van der Waals surface area contributed by atoms with Gasteiger partial charge in [0.1, 0.15) is 5.69 Å². The minimum absolute atomic E-state index is 0.126. The number of carbonyl (C=O) groups is 2. The fourth-order valence-electron chi connectivity index (χ4n) is 1.83. The molecule has 0 aliphatic heterocycles. The Morgan fingerprint density at radius 3 is 2.52 bits per heavy atom. The van der Waals surface area contributed by atoms with Gasteiger partial charge in [0.15, 0.2) is 0 Å². The van der Waals surface area contributed by atoms with Gasteiger partial charge < -0.3 is 20.7 Å². The normalized spacial score (nSPS) is 10.1. The molecule has 0 spiro atoms. The Kier molecular flexibility index (Phi) is 5.11.